The Morgan fingerprint density at radius 3 is 2.69 bits per heavy atom. The van der Waals surface area contributed by atoms with Crippen molar-refractivity contribution in [1.82, 2.24) is 0 Å². The minimum Gasteiger partial charge on any atom is -0.0925 e. The van der Waals surface area contributed by atoms with E-state index in [1.54, 1.807) is 0 Å². The molecule has 2 unspecified atom stereocenters. The maximum Gasteiger partial charge on any atom is 0.0212 e. The van der Waals surface area contributed by atoms with Gasteiger partial charge in [0.05, 0.1) is 0 Å². The first kappa shape index (κ1) is 9.72. The molecule has 2 heteroatoms. The van der Waals surface area contributed by atoms with Gasteiger partial charge in [0.15, 0.2) is 0 Å². The van der Waals surface area contributed by atoms with E-state index in [1.165, 1.54) is 16.5 Å². The molecule has 0 radical (unpaired) electrons. The van der Waals surface area contributed by atoms with Gasteiger partial charge in [-0.1, -0.05) is 57.0 Å². The predicted octanol–water partition coefficient (Wildman–Crippen LogP) is 4.12. The predicted molar refractivity (Wildman–Crippen MR) is 63.4 cm³/mol. The van der Waals surface area contributed by atoms with Gasteiger partial charge in [-0.15, -0.1) is 0 Å². The molecule has 1 saturated carbocycles. The largest absolute Gasteiger partial charge is 0.0925 e. The molecule has 0 nitrogen and oxygen atoms in total. The van der Waals surface area contributed by atoms with Crippen LogP contribution in [0.15, 0.2) is 28.7 Å². The van der Waals surface area contributed by atoms with Gasteiger partial charge in [0.2, 0.25) is 0 Å². The van der Waals surface area contributed by atoms with E-state index in [4.69, 9.17) is 0 Å². The van der Waals surface area contributed by atoms with Crippen molar-refractivity contribution in [2.75, 3.05) is 5.33 Å². The Kier molecular flexibility index (Phi) is 2.54. The fraction of sp³-hybridized carbons (Fsp3) is 0.455. The monoisotopic (exact) mass is 302 g/mol. The molecular formula is C11H12Br2. The SMILES string of the molecule is CC1(c2ccccc2Br)CC1CBr. The summed E-state index contributed by atoms with van der Waals surface area (Å²) in [6.45, 7) is 2.35. The molecule has 2 rings (SSSR count). The maximum atomic E-state index is 3.61. The highest BCUT2D eigenvalue weighted by Gasteiger charge is 2.50. The van der Waals surface area contributed by atoms with Gasteiger partial charge < -0.3 is 0 Å². The molecular weight excluding hydrogens is 292 g/mol. The molecule has 1 aliphatic carbocycles. The van der Waals surface area contributed by atoms with Crippen LogP contribution in [-0.2, 0) is 5.41 Å². The van der Waals surface area contributed by atoms with Crippen LogP contribution in [0, 0.1) is 5.92 Å². The van der Waals surface area contributed by atoms with Crippen LogP contribution in [0.3, 0.4) is 0 Å². The Bertz CT molecular complexity index is 322. The van der Waals surface area contributed by atoms with E-state index in [0.29, 0.717) is 5.41 Å². The molecule has 0 saturated heterocycles. The topological polar surface area (TPSA) is 0 Å². The van der Waals surface area contributed by atoms with E-state index in [-0.39, 0.29) is 0 Å². The Morgan fingerprint density at radius 1 is 1.46 bits per heavy atom. The molecule has 0 N–H and O–H groups in total. The third-order valence-corrected chi connectivity index (χ3v) is 4.56. The molecule has 0 spiro atoms. The number of alkyl halides is 1. The van der Waals surface area contributed by atoms with Crippen LogP contribution in [0.5, 0.6) is 0 Å². The average molecular weight is 304 g/mol. The van der Waals surface area contributed by atoms with E-state index in [2.05, 4.69) is 63.0 Å². The fourth-order valence-corrected chi connectivity index (χ4v) is 3.61. The third-order valence-electron chi connectivity index (χ3n) is 3.09. The molecule has 1 fully saturated rings. The zero-order valence-electron chi connectivity index (χ0n) is 7.56. The second-order valence-electron chi connectivity index (χ2n) is 3.95. The Morgan fingerprint density at radius 2 is 2.15 bits per heavy atom. The van der Waals surface area contributed by atoms with Gasteiger partial charge in [0, 0.05) is 9.80 Å². The lowest BCUT2D eigenvalue weighted by Gasteiger charge is -2.12. The third kappa shape index (κ3) is 1.59. The first-order valence-corrected chi connectivity index (χ1v) is 6.41. The Hall–Kier alpha value is 0.180. The van der Waals surface area contributed by atoms with Crippen LogP contribution in [0.1, 0.15) is 18.9 Å². The highest BCUT2D eigenvalue weighted by molar-refractivity contribution is 9.10. The molecule has 0 aliphatic heterocycles. The normalized spacial score (nSPS) is 31.8. The Labute approximate surface area is 96.0 Å². The molecule has 0 bridgehead atoms. The Balaban J connectivity index is 2.32. The van der Waals surface area contributed by atoms with Gasteiger partial charge in [-0.25, -0.2) is 0 Å². The summed E-state index contributed by atoms with van der Waals surface area (Å²) in [5.74, 6) is 0.811. The molecule has 0 aromatic heterocycles. The number of hydrogen-bond acceptors (Lipinski definition) is 0. The van der Waals surface area contributed by atoms with Gasteiger partial charge in [0.1, 0.15) is 0 Å². The average Bonchev–Trinajstić information content (AvgIpc) is 2.79. The summed E-state index contributed by atoms with van der Waals surface area (Å²) < 4.78 is 1.25. The highest BCUT2D eigenvalue weighted by atomic mass is 79.9. The first-order valence-electron chi connectivity index (χ1n) is 4.49. The molecule has 1 aromatic carbocycles. The maximum absolute atomic E-state index is 3.61. The summed E-state index contributed by atoms with van der Waals surface area (Å²) in [5.41, 5.74) is 1.86. The van der Waals surface area contributed by atoms with E-state index < -0.39 is 0 Å². The van der Waals surface area contributed by atoms with Crippen molar-refractivity contribution < 1.29 is 0 Å². The van der Waals surface area contributed by atoms with E-state index in [9.17, 15) is 0 Å². The number of rotatable bonds is 2. The van der Waals surface area contributed by atoms with Crippen molar-refractivity contribution >= 4 is 31.9 Å². The van der Waals surface area contributed by atoms with E-state index in [1.807, 2.05) is 0 Å². The second kappa shape index (κ2) is 3.39. The highest BCUT2D eigenvalue weighted by Crippen LogP contribution is 2.56. The second-order valence-corrected chi connectivity index (χ2v) is 5.45. The van der Waals surface area contributed by atoms with Gasteiger partial charge in [-0.3, -0.25) is 0 Å². The van der Waals surface area contributed by atoms with Gasteiger partial charge >= 0.3 is 0 Å². The van der Waals surface area contributed by atoms with Gasteiger partial charge in [-0.2, -0.15) is 0 Å². The number of benzene rings is 1. The number of halogens is 2. The van der Waals surface area contributed by atoms with Crippen LogP contribution in [0.2, 0.25) is 0 Å². The smallest absolute Gasteiger partial charge is 0.0212 e. The molecule has 2 atom stereocenters. The molecule has 70 valence electrons. The lowest BCUT2D eigenvalue weighted by molar-refractivity contribution is 0.706. The standard InChI is InChI=1S/C11H12Br2/c1-11(6-8(11)7-12)9-4-2-3-5-10(9)13/h2-5,8H,6-7H2,1H3. The van der Waals surface area contributed by atoms with Crippen molar-refractivity contribution in [3.63, 3.8) is 0 Å². The van der Waals surface area contributed by atoms with Crippen LogP contribution in [0.25, 0.3) is 0 Å². The van der Waals surface area contributed by atoms with Crippen LogP contribution in [0.4, 0.5) is 0 Å². The fourth-order valence-electron chi connectivity index (χ4n) is 1.93. The van der Waals surface area contributed by atoms with Crippen molar-refractivity contribution in [3.05, 3.63) is 34.3 Å². The van der Waals surface area contributed by atoms with Crippen molar-refractivity contribution in [1.29, 1.82) is 0 Å². The minimum absolute atomic E-state index is 0.406. The van der Waals surface area contributed by atoms with Crippen LogP contribution in [-0.4, -0.2) is 5.33 Å². The summed E-state index contributed by atoms with van der Waals surface area (Å²) in [6, 6.07) is 8.55. The minimum atomic E-state index is 0.406. The summed E-state index contributed by atoms with van der Waals surface area (Å²) in [7, 11) is 0. The first-order chi connectivity index (χ1) is 6.18. The zero-order valence-corrected chi connectivity index (χ0v) is 10.7. The van der Waals surface area contributed by atoms with Gasteiger partial charge in [-0.05, 0) is 29.4 Å². The summed E-state index contributed by atoms with van der Waals surface area (Å²) in [4.78, 5) is 0. The van der Waals surface area contributed by atoms with Crippen molar-refractivity contribution in [3.8, 4) is 0 Å². The van der Waals surface area contributed by atoms with Crippen molar-refractivity contribution in [2.24, 2.45) is 5.92 Å². The van der Waals surface area contributed by atoms with E-state index in [0.717, 1.165) is 11.2 Å². The summed E-state index contributed by atoms with van der Waals surface area (Å²) in [6.07, 6.45) is 1.31. The van der Waals surface area contributed by atoms with E-state index >= 15 is 0 Å². The zero-order chi connectivity index (χ0) is 9.47. The molecule has 0 amide bonds. The van der Waals surface area contributed by atoms with Crippen LogP contribution >= 0.6 is 31.9 Å². The van der Waals surface area contributed by atoms with Crippen LogP contribution < -0.4 is 0 Å². The molecule has 1 aromatic rings. The van der Waals surface area contributed by atoms with Gasteiger partial charge in [0.25, 0.3) is 0 Å². The quantitative estimate of drug-likeness (QED) is 0.721. The summed E-state index contributed by atoms with van der Waals surface area (Å²) >= 11 is 7.17. The molecule has 1 aliphatic rings. The summed E-state index contributed by atoms with van der Waals surface area (Å²) in [5, 5.41) is 1.12. The molecule has 0 heterocycles. The lowest BCUT2D eigenvalue weighted by atomic mass is 9.96. The van der Waals surface area contributed by atoms with Crippen molar-refractivity contribution in [2.45, 2.75) is 18.8 Å². The lowest BCUT2D eigenvalue weighted by Crippen LogP contribution is -2.05. The number of hydrogen-bond donors (Lipinski definition) is 0. The molecule has 13 heavy (non-hydrogen) atoms.